The highest BCUT2D eigenvalue weighted by molar-refractivity contribution is 4.83. The average Bonchev–Trinajstić information content (AvgIpc) is 2.56. The molecule has 1 aliphatic rings. The van der Waals surface area contributed by atoms with Crippen LogP contribution in [0.25, 0.3) is 0 Å². The smallest absolute Gasteiger partial charge is 0.0700 e. The van der Waals surface area contributed by atoms with Gasteiger partial charge >= 0.3 is 0 Å². The van der Waals surface area contributed by atoms with Crippen LogP contribution < -0.4 is 0 Å². The highest BCUT2D eigenvalue weighted by atomic mass is 16.5. The Morgan fingerprint density at radius 1 is 1.08 bits per heavy atom. The van der Waals surface area contributed by atoms with Gasteiger partial charge in [0.1, 0.15) is 0 Å². The fourth-order valence-electron chi connectivity index (χ4n) is 2.44. The van der Waals surface area contributed by atoms with E-state index in [2.05, 4.69) is 25.7 Å². The SMILES string of the molecule is CO[C@H](C)[C@@H](C(C)C)N1CCCC1. The Labute approximate surface area is 82.3 Å². The minimum atomic E-state index is 0.359. The number of methoxy groups -OCH3 is 1. The maximum atomic E-state index is 5.44. The predicted molar refractivity (Wildman–Crippen MR) is 55.9 cm³/mol. The van der Waals surface area contributed by atoms with Crippen LogP contribution in [0.5, 0.6) is 0 Å². The highest BCUT2D eigenvalue weighted by Gasteiger charge is 2.28. The lowest BCUT2D eigenvalue weighted by atomic mass is 9.98. The minimum absolute atomic E-state index is 0.359. The maximum absolute atomic E-state index is 5.44. The normalized spacial score (nSPS) is 23.8. The molecule has 13 heavy (non-hydrogen) atoms. The van der Waals surface area contributed by atoms with Crippen LogP contribution in [0.1, 0.15) is 33.6 Å². The zero-order valence-electron chi connectivity index (χ0n) is 9.42. The fourth-order valence-corrected chi connectivity index (χ4v) is 2.44. The highest BCUT2D eigenvalue weighted by Crippen LogP contribution is 2.21. The van der Waals surface area contributed by atoms with Crippen molar-refractivity contribution in [2.24, 2.45) is 5.92 Å². The van der Waals surface area contributed by atoms with E-state index in [-0.39, 0.29) is 0 Å². The van der Waals surface area contributed by atoms with Crippen molar-refractivity contribution in [1.29, 1.82) is 0 Å². The summed E-state index contributed by atoms with van der Waals surface area (Å²) in [7, 11) is 1.82. The molecule has 1 rings (SSSR count). The fraction of sp³-hybridized carbons (Fsp3) is 1.00. The van der Waals surface area contributed by atoms with Gasteiger partial charge in [0, 0.05) is 13.2 Å². The zero-order valence-corrected chi connectivity index (χ0v) is 9.42. The molecule has 0 aromatic heterocycles. The Balaban J connectivity index is 2.55. The Morgan fingerprint density at radius 2 is 1.62 bits per heavy atom. The average molecular weight is 185 g/mol. The summed E-state index contributed by atoms with van der Waals surface area (Å²) in [5.74, 6) is 0.688. The Hall–Kier alpha value is -0.0800. The van der Waals surface area contributed by atoms with Crippen LogP contribution in [0.4, 0.5) is 0 Å². The van der Waals surface area contributed by atoms with Gasteiger partial charge in [0.25, 0.3) is 0 Å². The van der Waals surface area contributed by atoms with Crippen LogP contribution >= 0.6 is 0 Å². The molecule has 1 aliphatic heterocycles. The standard InChI is InChI=1S/C11H23NO/c1-9(2)11(10(3)13-4)12-7-5-6-8-12/h9-11H,5-8H2,1-4H3/t10-,11-/m1/s1. The summed E-state index contributed by atoms with van der Waals surface area (Å²) in [4.78, 5) is 2.58. The molecule has 2 heteroatoms. The second-order valence-electron chi connectivity index (χ2n) is 4.42. The molecule has 0 aromatic rings. The molecule has 0 spiro atoms. The van der Waals surface area contributed by atoms with Crippen molar-refractivity contribution in [3.8, 4) is 0 Å². The monoisotopic (exact) mass is 185 g/mol. The van der Waals surface area contributed by atoms with E-state index in [0.717, 1.165) is 0 Å². The van der Waals surface area contributed by atoms with E-state index in [0.29, 0.717) is 18.1 Å². The van der Waals surface area contributed by atoms with E-state index in [1.807, 2.05) is 7.11 Å². The van der Waals surface area contributed by atoms with Crippen molar-refractivity contribution in [2.45, 2.75) is 45.8 Å². The maximum Gasteiger partial charge on any atom is 0.0700 e. The third kappa shape index (κ3) is 2.68. The first kappa shape index (κ1) is 11.0. The zero-order chi connectivity index (χ0) is 9.84. The first-order valence-electron chi connectivity index (χ1n) is 5.43. The minimum Gasteiger partial charge on any atom is -0.380 e. The molecule has 0 aliphatic carbocycles. The third-order valence-corrected chi connectivity index (χ3v) is 3.10. The molecule has 1 heterocycles. The summed E-state index contributed by atoms with van der Waals surface area (Å²) in [6, 6.07) is 0.604. The van der Waals surface area contributed by atoms with Crippen LogP contribution in [0.2, 0.25) is 0 Å². The van der Waals surface area contributed by atoms with Crippen molar-refractivity contribution in [3.05, 3.63) is 0 Å². The Kier molecular flexibility index (Phi) is 4.20. The summed E-state index contributed by atoms with van der Waals surface area (Å²) >= 11 is 0. The van der Waals surface area contributed by atoms with E-state index in [1.54, 1.807) is 0 Å². The van der Waals surface area contributed by atoms with Crippen LogP contribution in [0.3, 0.4) is 0 Å². The second-order valence-corrected chi connectivity index (χ2v) is 4.42. The van der Waals surface area contributed by atoms with Gasteiger partial charge in [-0.2, -0.15) is 0 Å². The predicted octanol–water partition coefficient (Wildman–Crippen LogP) is 2.14. The Morgan fingerprint density at radius 3 is 2.00 bits per heavy atom. The molecule has 0 N–H and O–H groups in total. The topological polar surface area (TPSA) is 12.5 Å². The molecule has 1 fully saturated rings. The van der Waals surface area contributed by atoms with Gasteiger partial charge in [-0.25, -0.2) is 0 Å². The second kappa shape index (κ2) is 4.97. The first-order valence-corrected chi connectivity index (χ1v) is 5.43. The van der Waals surface area contributed by atoms with Gasteiger partial charge in [-0.05, 0) is 38.8 Å². The third-order valence-electron chi connectivity index (χ3n) is 3.10. The largest absolute Gasteiger partial charge is 0.380 e. The molecule has 0 bridgehead atoms. The van der Waals surface area contributed by atoms with Crippen molar-refractivity contribution in [1.82, 2.24) is 4.90 Å². The Bertz CT molecular complexity index is 141. The molecule has 0 aromatic carbocycles. The van der Waals surface area contributed by atoms with Crippen LogP contribution in [0.15, 0.2) is 0 Å². The lowest BCUT2D eigenvalue weighted by Gasteiger charge is -2.34. The molecule has 78 valence electrons. The number of hydrogen-bond donors (Lipinski definition) is 0. The summed E-state index contributed by atoms with van der Waals surface area (Å²) in [5, 5.41) is 0. The number of nitrogens with zero attached hydrogens (tertiary/aromatic N) is 1. The summed E-state index contributed by atoms with van der Waals surface area (Å²) in [5.41, 5.74) is 0. The van der Waals surface area contributed by atoms with Crippen molar-refractivity contribution < 1.29 is 4.74 Å². The summed E-state index contributed by atoms with van der Waals surface area (Å²) in [6.45, 7) is 9.28. The van der Waals surface area contributed by atoms with Gasteiger partial charge in [-0.15, -0.1) is 0 Å². The van der Waals surface area contributed by atoms with E-state index in [9.17, 15) is 0 Å². The summed E-state index contributed by atoms with van der Waals surface area (Å²) in [6.07, 6.45) is 3.08. The number of rotatable bonds is 4. The van der Waals surface area contributed by atoms with Gasteiger partial charge in [-0.3, -0.25) is 4.90 Å². The van der Waals surface area contributed by atoms with E-state index in [1.165, 1.54) is 25.9 Å². The molecule has 0 saturated carbocycles. The van der Waals surface area contributed by atoms with Crippen LogP contribution in [0, 0.1) is 5.92 Å². The van der Waals surface area contributed by atoms with Gasteiger partial charge in [-0.1, -0.05) is 13.8 Å². The number of ether oxygens (including phenoxy) is 1. The van der Waals surface area contributed by atoms with Crippen molar-refractivity contribution in [3.63, 3.8) is 0 Å². The van der Waals surface area contributed by atoms with E-state index in [4.69, 9.17) is 4.74 Å². The van der Waals surface area contributed by atoms with Crippen molar-refractivity contribution in [2.75, 3.05) is 20.2 Å². The molecular formula is C11H23NO. The molecule has 0 amide bonds. The van der Waals surface area contributed by atoms with Gasteiger partial charge < -0.3 is 4.74 Å². The number of hydrogen-bond acceptors (Lipinski definition) is 2. The van der Waals surface area contributed by atoms with E-state index >= 15 is 0 Å². The van der Waals surface area contributed by atoms with E-state index < -0.39 is 0 Å². The van der Waals surface area contributed by atoms with Gasteiger partial charge in [0.05, 0.1) is 6.10 Å². The van der Waals surface area contributed by atoms with Gasteiger partial charge in [0.15, 0.2) is 0 Å². The number of likely N-dealkylation sites (tertiary alicyclic amines) is 1. The quantitative estimate of drug-likeness (QED) is 0.665. The van der Waals surface area contributed by atoms with Crippen LogP contribution in [-0.2, 0) is 4.74 Å². The van der Waals surface area contributed by atoms with Crippen molar-refractivity contribution >= 4 is 0 Å². The molecule has 2 atom stereocenters. The molecular weight excluding hydrogens is 162 g/mol. The molecule has 2 nitrogen and oxygen atoms in total. The first-order chi connectivity index (χ1) is 6.16. The lowest BCUT2D eigenvalue weighted by Crippen LogP contribution is -2.45. The molecule has 1 saturated heterocycles. The summed E-state index contributed by atoms with van der Waals surface area (Å²) < 4.78 is 5.44. The van der Waals surface area contributed by atoms with Crippen LogP contribution in [-0.4, -0.2) is 37.2 Å². The molecule has 0 radical (unpaired) electrons. The lowest BCUT2D eigenvalue weighted by molar-refractivity contribution is 0.0143. The van der Waals surface area contributed by atoms with Gasteiger partial charge in [0.2, 0.25) is 0 Å². The molecule has 0 unspecified atom stereocenters.